The second-order valence-electron chi connectivity index (χ2n) is 6.70. The van der Waals surface area contributed by atoms with Crippen LogP contribution in [-0.2, 0) is 5.75 Å². The molecule has 1 N–H and O–H groups in total. The van der Waals surface area contributed by atoms with E-state index in [1.807, 2.05) is 37.1 Å². The number of aryl methyl sites for hydroxylation is 1. The van der Waals surface area contributed by atoms with Crippen molar-refractivity contribution < 1.29 is 9.32 Å². The van der Waals surface area contributed by atoms with Crippen molar-refractivity contribution in [1.82, 2.24) is 20.4 Å². The summed E-state index contributed by atoms with van der Waals surface area (Å²) in [7, 11) is 1.99. The van der Waals surface area contributed by atoms with Crippen molar-refractivity contribution in [3.05, 3.63) is 41.4 Å². The number of nitrogens with zero attached hydrogens (tertiary/aromatic N) is 3. The molecule has 1 amide bonds. The van der Waals surface area contributed by atoms with Crippen LogP contribution in [0.4, 0.5) is 0 Å². The standard InChI is InChI=1S/C19H26N4O2S.2ClH/c1-14-12-16(22-25-14)13-26-18-17(4-3-8-21-18)19(24)23-10-6-15(7-11-23)5-9-20-2;;/h3-4,8,12,15,20H,5-7,9-11,13H2,1-2H3;2*1H. The smallest absolute Gasteiger partial charge is 0.256 e. The van der Waals surface area contributed by atoms with E-state index in [0.29, 0.717) is 17.2 Å². The molecule has 3 rings (SSSR count). The number of amides is 1. The van der Waals surface area contributed by atoms with Crippen LogP contribution in [0.1, 0.15) is 41.1 Å². The van der Waals surface area contributed by atoms with E-state index in [4.69, 9.17) is 4.52 Å². The molecule has 2 aromatic rings. The highest BCUT2D eigenvalue weighted by atomic mass is 35.5. The minimum Gasteiger partial charge on any atom is -0.361 e. The monoisotopic (exact) mass is 446 g/mol. The molecule has 0 bridgehead atoms. The summed E-state index contributed by atoms with van der Waals surface area (Å²) in [6.45, 7) is 4.57. The summed E-state index contributed by atoms with van der Waals surface area (Å²) in [4.78, 5) is 19.4. The second-order valence-corrected chi connectivity index (χ2v) is 7.67. The van der Waals surface area contributed by atoms with Crippen molar-refractivity contribution in [2.24, 2.45) is 5.92 Å². The normalized spacial score (nSPS) is 14.3. The van der Waals surface area contributed by atoms with E-state index in [2.05, 4.69) is 15.5 Å². The Morgan fingerprint density at radius 2 is 2.11 bits per heavy atom. The molecule has 28 heavy (non-hydrogen) atoms. The molecule has 0 radical (unpaired) electrons. The maximum Gasteiger partial charge on any atom is 0.256 e. The summed E-state index contributed by atoms with van der Waals surface area (Å²) in [5.74, 6) is 2.23. The van der Waals surface area contributed by atoms with Crippen LogP contribution < -0.4 is 5.32 Å². The lowest BCUT2D eigenvalue weighted by molar-refractivity contribution is 0.0683. The number of rotatable bonds is 7. The molecular formula is C19H28Cl2N4O2S. The van der Waals surface area contributed by atoms with E-state index < -0.39 is 0 Å². The zero-order valence-corrected chi connectivity index (χ0v) is 18.7. The number of hydrogen-bond donors (Lipinski definition) is 1. The number of nitrogens with one attached hydrogen (secondary N) is 1. The van der Waals surface area contributed by atoms with Gasteiger partial charge in [0, 0.05) is 31.1 Å². The number of piperidine rings is 1. The van der Waals surface area contributed by atoms with Gasteiger partial charge in [-0.2, -0.15) is 0 Å². The predicted octanol–water partition coefficient (Wildman–Crippen LogP) is 3.98. The molecule has 0 spiro atoms. The van der Waals surface area contributed by atoms with Crippen LogP contribution in [0.2, 0.25) is 0 Å². The number of thioether (sulfide) groups is 1. The topological polar surface area (TPSA) is 71.3 Å². The van der Waals surface area contributed by atoms with Gasteiger partial charge >= 0.3 is 0 Å². The number of carbonyl (C=O) groups is 1. The summed E-state index contributed by atoms with van der Waals surface area (Å²) >= 11 is 1.53. The van der Waals surface area contributed by atoms with Crippen LogP contribution in [0.25, 0.3) is 0 Å². The Labute approximate surface area is 183 Å². The summed E-state index contributed by atoms with van der Waals surface area (Å²) < 4.78 is 5.10. The zero-order chi connectivity index (χ0) is 18.4. The van der Waals surface area contributed by atoms with Gasteiger partial charge in [-0.1, -0.05) is 16.9 Å². The lowest BCUT2D eigenvalue weighted by Crippen LogP contribution is -2.39. The van der Waals surface area contributed by atoms with Gasteiger partial charge in [-0.25, -0.2) is 4.98 Å². The number of aromatic nitrogens is 2. The van der Waals surface area contributed by atoms with E-state index in [1.165, 1.54) is 18.2 Å². The summed E-state index contributed by atoms with van der Waals surface area (Å²) in [6, 6.07) is 5.61. The Bertz CT molecular complexity index is 736. The number of likely N-dealkylation sites (tertiary alicyclic amines) is 1. The third-order valence-electron chi connectivity index (χ3n) is 4.74. The van der Waals surface area contributed by atoms with Crippen molar-refractivity contribution in [2.45, 2.75) is 37.0 Å². The number of carbonyl (C=O) groups excluding carboxylic acids is 1. The quantitative estimate of drug-likeness (QED) is 0.648. The summed E-state index contributed by atoms with van der Waals surface area (Å²) in [6.07, 6.45) is 5.07. The zero-order valence-electron chi connectivity index (χ0n) is 16.2. The third-order valence-corrected chi connectivity index (χ3v) is 5.78. The van der Waals surface area contributed by atoms with Gasteiger partial charge in [0.1, 0.15) is 10.8 Å². The van der Waals surface area contributed by atoms with Crippen molar-refractivity contribution in [3.8, 4) is 0 Å². The first-order valence-corrected chi connectivity index (χ1v) is 10.1. The van der Waals surface area contributed by atoms with Gasteiger partial charge in [-0.15, -0.1) is 24.8 Å². The van der Waals surface area contributed by atoms with Gasteiger partial charge in [0.2, 0.25) is 0 Å². The average molecular weight is 447 g/mol. The minimum absolute atomic E-state index is 0. The van der Waals surface area contributed by atoms with E-state index in [1.54, 1.807) is 6.20 Å². The van der Waals surface area contributed by atoms with Crippen LogP contribution in [0.3, 0.4) is 0 Å². The molecule has 6 nitrogen and oxygen atoms in total. The molecule has 1 saturated heterocycles. The van der Waals surface area contributed by atoms with Crippen LogP contribution >= 0.6 is 36.6 Å². The maximum atomic E-state index is 13.0. The van der Waals surface area contributed by atoms with Gasteiger partial charge in [0.15, 0.2) is 0 Å². The van der Waals surface area contributed by atoms with Gasteiger partial charge in [-0.05, 0) is 57.8 Å². The molecule has 1 aliphatic rings. The maximum absolute atomic E-state index is 13.0. The molecule has 9 heteroatoms. The summed E-state index contributed by atoms with van der Waals surface area (Å²) in [5.41, 5.74) is 1.55. The van der Waals surface area contributed by atoms with E-state index >= 15 is 0 Å². The molecule has 0 aliphatic carbocycles. The first kappa shape index (κ1) is 24.8. The Balaban J connectivity index is 0.00000196. The molecule has 0 atom stereocenters. The van der Waals surface area contributed by atoms with Crippen molar-refractivity contribution >= 4 is 42.5 Å². The van der Waals surface area contributed by atoms with Gasteiger partial charge < -0.3 is 14.7 Å². The average Bonchev–Trinajstić information content (AvgIpc) is 3.10. The molecule has 1 fully saturated rings. The molecule has 2 aromatic heterocycles. The molecule has 0 unspecified atom stereocenters. The largest absolute Gasteiger partial charge is 0.361 e. The third kappa shape index (κ3) is 6.65. The fourth-order valence-corrected chi connectivity index (χ4v) is 4.11. The van der Waals surface area contributed by atoms with Crippen molar-refractivity contribution in [2.75, 3.05) is 26.7 Å². The lowest BCUT2D eigenvalue weighted by Gasteiger charge is -2.32. The van der Waals surface area contributed by atoms with Crippen LogP contribution in [0, 0.1) is 12.8 Å². The number of hydrogen-bond acceptors (Lipinski definition) is 6. The van der Waals surface area contributed by atoms with Gasteiger partial charge in [-0.3, -0.25) is 4.79 Å². The Kier molecular flexibility index (Phi) is 10.9. The van der Waals surface area contributed by atoms with E-state index in [9.17, 15) is 4.79 Å². The number of halogens is 2. The Morgan fingerprint density at radius 1 is 1.36 bits per heavy atom. The van der Waals surface area contributed by atoms with Crippen molar-refractivity contribution in [3.63, 3.8) is 0 Å². The highest BCUT2D eigenvalue weighted by molar-refractivity contribution is 7.98. The first-order chi connectivity index (χ1) is 12.7. The minimum atomic E-state index is 0. The molecule has 156 valence electrons. The van der Waals surface area contributed by atoms with Crippen molar-refractivity contribution in [1.29, 1.82) is 0 Å². The predicted molar refractivity (Wildman–Crippen MR) is 117 cm³/mol. The number of pyridine rings is 1. The fourth-order valence-electron chi connectivity index (χ4n) is 3.24. The molecule has 0 aromatic carbocycles. The highest BCUT2D eigenvalue weighted by Crippen LogP contribution is 2.27. The van der Waals surface area contributed by atoms with Gasteiger partial charge in [0.25, 0.3) is 5.91 Å². The molecular weight excluding hydrogens is 419 g/mol. The Hall–Kier alpha value is -1.28. The molecule has 3 heterocycles. The van der Waals surface area contributed by atoms with Crippen LogP contribution in [0.15, 0.2) is 33.9 Å². The lowest BCUT2D eigenvalue weighted by atomic mass is 9.93. The molecule has 0 saturated carbocycles. The fraction of sp³-hybridized carbons (Fsp3) is 0.526. The Morgan fingerprint density at radius 3 is 2.75 bits per heavy atom. The highest BCUT2D eigenvalue weighted by Gasteiger charge is 2.25. The second kappa shape index (κ2) is 12.3. The SMILES string of the molecule is CNCCC1CCN(C(=O)c2cccnc2SCc2cc(C)on2)CC1.Cl.Cl. The van der Waals surface area contributed by atoms with Crippen LogP contribution in [-0.4, -0.2) is 47.6 Å². The van der Waals surface area contributed by atoms with Gasteiger partial charge in [0.05, 0.1) is 11.3 Å². The first-order valence-electron chi connectivity index (χ1n) is 9.11. The van der Waals surface area contributed by atoms with E-state index in [-0.39, 0.29) is 30.7 Å². The summed E-state index contributed by atoms with van der Waals surface area (Å²) in [5, 5.41) is 7.97. The molecule has 1 aliphatic heterocycles. The van der Waals surface area contributed by atoms with E-state index in [0.717, 1.165) is 49.0 Å². The van der Waals surface area contributed by atoms with Crippen LogP contribution in [0.5, 0.6) is 0 Å².